The number of hydrogen-bond donors (Lipinski definition) is 2. The first-order valence-electron chi connectivity index (χ1n) is 8.26. The van der Waals surface area contributed by atoms with Crippen molar-refractivity contribution in [1.82, 2.24) is 5.32 Å². The second kappa shape index (κ2) is 8.28. The number of amides is 2. The third-order valence-electron chi connectivity index (χ3n) is 4.02. The van der Waals surface area contributed by atoms with E-state index in [9.17, 15) is 14.4 Å². The molecule has 2 N–H and O–H groups in total. The molecule has 3 aromatic rings. The van der Waals surface area contributed by atoms with E-state index >= 15 is 0 Å². The zero-order chi connectivity index (χ0) is 19.4. The van der Waals surface area contributed by atoms with Gasteiger partial charge in [-0.2, -0.15) is 11.3 Å². The van der Waals surface area contributed by atoms with Gasteiger partial charge >= 0.3 is 11.8 Å². The first-order valence-corrected chi connectivity index (χ1v) is 10.0. The predicted molar refractivity (Wildman–Crippen MR) is 108 cm³/mol. The molecule has 5 nitrogen and oxygen atoms in total. The van der Waals surface area contributed by atoms with Gasteiger partial charge in [-0.3, -0.25) is 14.4 Å². The fourth-order valence-corrected chi connectivity index (χ4v) is 4.11. The summed E-state index contributed by atoms with van der Waals surface area (Å²) in [5, 5.41) is 8.92. The van der Waals surface area contributed by atoms with Gasteiger partial charge in [0.15, 0.2) is 0 Å². The Bertz CT molecular complexity index is 970. The number of hydrogen-bond acceptors (Lipinski definition) is 5. The third-order valence-corrected chi connectivity index (χ3v) is 5.79. The molecule has 7 heteroatoms. The molecule has 0 radical (unpaired) electrons. The summed E-state index contributed by atoms with van der Waals surface area (Å²) in [6, 6.07) is 10.9. The Balaban J connectivity index is 1.58. The van der Waals surface area contributed by atoms with Crippen LogP contribution in [-0.4, -0.2) is 17.6 Å². The van der Waals surface area contributed by atoms with Gasteiger partial charge in [0.2, 0.25) is 5.78 Å². The monoisotopic (exact) mass is 398 g/mol. The molecule has 2 aromatic heterocycles. The zero-order valence-electron chi connectivity index (χ0n) is 14.9. The Hall–Kier alpha value is -2.77. The molecule has 0 atom stereocenters. The molecule has 138 valence electrons. The largest absolute Gasteiger partial charge is 0.343 e. The first-order chi connectivity index (χ1) is 13.0. The van der Waals surface area contributed by atoms with Crippen molar-refractivity contribution in [1.29, 1.82) is 0 Å². The van der Waals surface area contributed by atoms with Gasteiger partial charge < -0.3 is 10.6 Å². The summed E-state index contributed by atoms with van der Waals surface area (Å²) in [6.45, 7) is 3.94. The topological polar surface area (TPSA) is 75.3 Å². The molecule has 0 unspecified atom stereocenters. The summed E-state index contributed by atoms with van der Waals surface area (Å²) in [5.41, 5.74) is 3.10. The van der Waals surface area contributed by atoms with E-state index in [1.165, 1.54) is 22.7 Å². The van der Waals surface area contributed by atoms with Crippen LogP contribution in [0, 0.1) is 13.8 Å². The van der Waals surface area contributed by atoms with Gasteiger partial charge in [0, 0.05) is 21.5 Å². The van der Waals surface area contributed by atoms with Crippen molar-refractivity contribution in [3.8, 4) is 0 Å². The van der Waals surface area contributed by atoms with Gasteiger partial charge in [-0.15, -0.1) is 11.3 Å². The number of carbonyl (C=O) groups is 3. The van der Waals surface area contributed by atoms with Crippen molar-refractivity contribution in [3.63, 3.8) is 0 Å². The summed E-state index contributed by atoms with van der Waals surface area (Å²) >= 11 is 2.78. The molecule has 0 aliphatic carbocycles. The second-order valence-corrected chi connectivity index (χ2v) is 7.96. The summed E-state index contributed by atoms with van der Waals surface area (Å²) in [5.74, 6) is -1.46. The Labute approximate surface area is 165 Å². The first kappa shape index (κ1) is 19.0. The van der Waals surface area contributed by atoms with E-state index in [2.05, 4.69) is 10.6 Å². The molecule has 0 aliphatic rings. The molecule has 2 heterocycles. The number of ketones is 1. The van der Waals surface area contributed by atoms with E-state index in [-0.39, 0.29) is 12.3 Å². The van der Waals surface area contributed by atoms with Crippen LogP contribution in [0.4, 0.5) is 5.69 Å². The van der Waals surface area contributed by atoms with Gasteiger partial charge in [-0.05, 0) is 48.6 Å². The van der Waals surface area contributed by atoms with Gasteiger partial charge in [0.05, 0.1) is 11.4 Å². The fraction of sp³-hybridized carbons (Fsp3) is 0.150. The quantitative estimate of drug-likeness (QED) is 0.505. The van der Waals surface area contributed by atoms with E-state index in [1.54, 1.807) is 23.6 Å². The SMILES string of the molecule is Cc1cccc(C)c1NC(=O)C(=O)NCc1ccc(C(=O)c2ccsc2)s1. The van der Waals surface area contributed by atoms with Crippen LogP contribution in [0.25, 0.3) is 0 Å². The number of nitrogens with one attached hydrogen (secondary N) is 2. The summed E-state index contributed by atoms with van der Waals surface area (Å²) in [7, 11) is 0. The summed E-state index contributed by atoms with van der Waals surface area (Å²) in [4.78, 5) is 37.9. The van der Waals surface area contributed by atoms with E-state index in [4.69, 9.17) is 0 Å². The zero-order valence-corrected chi connectivity index (χ0v) is 16.5. The molecule has 0 aliphatic heterocycles. The smallest absolute Gasteiger partial charge is 0.313 e. The van der Waals surface area contributed by atoms with Crippen molar-refractivity contribution in [2.45, 2.75) is 20.4 Å². The number of aryl methyl sites for hydroxylation is 2. The molecule has 0 bridgehead atoms. The lowest BCUT2D eigenvalue weighted by atomic mass is 10.1. The van der Waals surface area contributed by atoms with E-state index in [0.717, 1.165) is 16.0 Å². The molecule has 27 heavy (non-hydrogen) atoms. The number of anilines is 1. The van der Waals surface area contributed by atoms with Gasteiger partial charge in [-0.25, -0.2) is 0 Å². The Morgan fingerprint density at radius 3 is 2.37 bits per heavy atom. The average molecular weight is 399 g/mol. The maximum absolute atomic E-state index is 12.3. The van der Waals surface area contributed by atoms with Crippen molar-refractivity contribution in [3.05, 3.63) is 73.6 Å². The summed E-state index contributed by atoms with van der Waals surface area (Å²) in [6.07, 6.45) is 0. The normalized spacial score (nSPS) is 10.4. The van der Waals surface area contributed by atoms with Crippen molar-refractivity contribution < 1.29 is 14.4 Å². The number of thiophene rings is 2. The van der Waals surface area contributed by atoms with E-state index in [0.29, 0.717) is 16.1 Å². The number of benzene rings is 1. The van der Waals surface area contributed by atoms with Crippen LogP contribution >= 0.6 is 22.7 Å². The molecule has 0 fully saturated rings. The van der Waals surface area contributed by atoms with E-state index < -0.39 is 11.8 Å². The molecule has 1 aromatic carbocycles. The highest BCUT2D eigenvalue weighted by atomic mass is 32.1. The molecular formula is C20H18N2O3S2. The Kier molecular flexibility index (Phi) is 5.83. The maximum atomic E-state index is 12.3. The second-order valence-electron chi connectivity index (χ2n) is 6.01. The van der Waals surface area contributed by atoms with Gasteiger partial charge in [0.25, 0.3) is 0 Å². The maximum Gasteiger partial charge on any atom is 0.313 e. The number of para-hydroxylation sites is 1. The summed E-state index contributed by atoms with van der Waals surface area (Å²) < 4.78 is 0. The molecular weight excluding hydrogens is 380 g/mol. The van der Waals surface area contributed by atoms with Crippen LogP contribution in [0.3, 0.4) is 0 Å². The molecule has 3 rings (SSSR count). The molecule has 0 saturated heterocycles. The highest BCUT2D eigenvalue weighted by molar-refractivity contribution is 7.14. The number of carbonyl (C=O) groups excluding carboxylic acids is 3. The van der Waals surface area contributed by atoms with Crippen molar-refractivity contribution in [2.24, 2.45) is 0 Å². The van der Waals surface area contributed by atoms with Crippen LogP contribution in [0.1, 0.15) is 31.2 Å². The van der Waals surface area contributed by atoms with Crippen LogP contribution in [0.5, 0.6) is 0 Å². The van der Waals surface area contributed by atoms with Gasteiger partial charge in [0.1, 0.15) is 0 Å². The van der Waals surface area contributed by atoms with Crippen LogP contribution in [0.15, 0.2) is 47.2 Å². The minimum absolute atomic E-state index is 0.0356. The lowest BCUT2D eigenvalue weighted by Crippen LogP contribution is -2.35. The lowest BCUT2D eigenvalue weighted by molar-refractivity contribution is -0.136. The number of rotatable bonds is 5. The van der Waals surface area contributed by atoms with Crippen LogP contribution < -0.4 is 10.6 Å². The molecule has 2 amide bonds. The third kappa shape index (κ3) is 4.50. The Morgan fingerprint density at radius 2 is 1.70 bits per heavy atom. The lowest BCUT2D eigenvalue weighted by Gasteiger charge is -2.11. The highest BCUT2D eigenvalue weighted by Crippen LogP contribution is 2.21. The van der Waals surface area contributed by atoms with Crippen LogP contribution in [0.2, 0.25) is 0 Å². The van der Waals surface area contributed by atoms with E-state index in [1.807, 2.05) is 37.4 Å². The molecule has 0 saturated carbocycles. The Morgan fingerprint density at radius 1 is 0.963 bits per heavy atom. The minimum Gasteiger partial charge on any atom is -0.343 e. The standard InChI is InChI=1S/C20H18N2O3S2/c1-12-4-3-5-13(2)17(12)22-20(25)19(24)21-10-15-6-7-16(27-15)18(23)14-8-9-26-11-14/h3-9,11H,10H2,1-2H3,(H,21,24)(H,22,25). The minimum atomic E-state index is -0.711. The van der Waals surface area contributed by atoms with Crippen molar-refractivity contribution in [2.75, 3.05) is 5.32 Å². The molecule has 0 spiro atoms. The fourth-order valence-electron chi connectivity index (χ4n) is 2.56. The van der Waals surface area contributed by atoms with Gasteiger partial charge in [-0.1, -0.05) is 18.2 Å². The van der Waals surface area contributed by atoms with Crippen molar-refractivity contribution >= 4 is 46.0 Å². The van der Waals surface area contributed by atoms with Crippen LogP contribution in [-0.2, 0) is 16.1 Å². The highest BCUT2D eigenvalue weighted by Gasteiger charge is 2.17. The predicted octanol–water partition coefficient (Wildman–Crippen LogP) is 3.91. The average Bonchev–Trinajstić information content (AvgIpc) is 3.34.